The Morgan fingerprint density at radius 3 is 2.61 bits per heavy atom. The third-order valence-corrected chi connectivity index (χ3v) is 8.23. The summed E-state index contributed by atoms with van der Waals surface area (Å²) in [5, 5.41) is 3.61. The van der Waals surface area contributed by atoms with Gasteiger partial charge in [-0.3, -0.25) is 4.79 Å². The van der Waals surface area contributed by atoms with Gasteiger partial charge in [0, 0.05) is 31.0 Å². The van der Waals surface area contributed by atoms with Crippen molar-refractivity contribution in [3.8, 4) is 5.75 Å². The largest absolute Gasteiger partial charge is 0.495 e. The Labute approximate surface area is 199 Å². The molecule has 1 fully saturated rings. The quantitative estimate of drug-likeness (QED) is 0.533. The van der Waals surface area contributed by atoms with E-state index in [1.807, 2.05) is 13.8 Å². The zero-order chi connectivity index (χ0) is 24.2. The highest BCUT2D eigenvalue weighted by Crippen LogP contribution is 2.30. The lowest BCUT2D eigenvalue weighted by Gasteiger charge is -2.26. The van der Waals surface area contributed by atoms with Crippen LogP contribution in [0.5, 0.6) is 5.75 Å². The minimum atomic E-state index is -3.78. The molecule has 1 aliphatic rings. The number of hydrogen-bond acceptors (Lipinski definition) is 7. The molecule has 0 aliphatic carbocycles. The third kappa shape index (κ3) is 6.08. The number of imidazole rings is 1. The Morgan fingerprint density at radius 2 is 1.97 bits per heavy atom. The van der Waals surface area contributed by atoms with Gasteiger partial charge in [0.05, 0.1) is 31.8 Å². The van der Waals surface area contributed by atoms with E-state index < -0.39 is 10.0 Å². The summed E-state index contributed by atoms with van der Waals surface area (Å²) in [6.07, 6.45) is 0. The molecule has 0 unspecified atom stereocenters. The van der Waals surface area contributed by atoms with Crippen LogP contribution in [0, 0.1) is 19.8 Å². The van der Waals surface area contributed by atoms with Gasteiger partial charge >= 0.3 is 0 Å². The number of carbonyl (C=O) groups is 1. The molecule has 11 heteroatoms. The molecule has 1 aromatic carbocycles. The fourth-order valence-corrected chi connectivity index (χ4v) is 6.01. The number of aromatic nitrogens is 2. The molecular formula is C22H32N4O5S2. The number of nitrogens with zero attached hydrogens (tertiary/aromatic N) is 3. The first kappa shape index (κ1) is 25.5. The fourth-order valence-electron chi connectivity index (χ4n) is 3.52. The van der Waals surface area contributed by atoms with E-state index in [0.717, 1.165) is 23.1 Å². The van der Waals surface area contributed by atoms with Crippen molar-refractivity contribution in [1.29, 1.82) is 0 Å². The molecule has 0 bridgehead atoms. The van der Waals surface area contributed by atoms with Gasteiger partial charge in [0.2, 0.25) is 15.9 Å². The zero-order valence-electron chi connectivity index (χ0n) is 19.8. The lowest BCUT2D eigenvalue weighted by atomic mass is 10.2. The molecule has 0 spiro atoms. The van der Waals surface area contributed by atoms with Gasteiger partial charge in [0.25, 0.3) is 0 Å². The summed E-state index contributed by atoms with van der Waals surface area (Å²) in [7, 11) is -2.36. The summed E-state index contributed by atoms with van der Waals surface area (Å²) in [4.78, 5) is 17.3. The van der Waals surface area contributed by atoms with Gasteiger partial charge < -0.3 is 19.4 Å². The summed E-state index contributed by atoms with van der Waals surface area (Å²) in [6, 6.07) is 4.63. The Balaban J connectivity index is 1.73. The van der Waals surface area contributed by atoms with Crippen LogP contribution in [0.2, 0.25) is 0 Å². The summed E-state index contributed by atoms with van der Waals surface area (Å²) in [6.45, 7) is 10.4. The molecule has 1 saturated heterocycles. The normalized spacial score (nSPS) is 15.1. The van der Waals surface area contributed by atoms with Gasteiger partial charge in [-0.2, -0.15) is 4.31 Å². The molecule has 1 aliphatic heterocycles. The number of nitrogens with one attached hydrogen (secondary N) is 1. The Morgan fingerprint density at radius 1 is 1.27 bits per heavy atom. The third-order valence-electron chi connectivity index (χ3n) is 5.34. The van der Waals surface area contributed by atoms with E-state index in [1.165, 1.54) is 29.2 Å². The first-order valence-corrected chi connectivity index (χ1v) is 13.3. The molecule has 1 amide bonds. The van der Waals surface area contributed by atoms with Crippen LogP contribution in [0.15, 0.2) is 28.3 Å². The van der Waals surface area contributed by atoms with E-state index >= 15 is 0 Å². The maximum atomic E-state index is 13.1. The molecule has 0 radical (unpaired) electrons. The zero-order valence-corrected chi connectivity index (χ0v) is 21.4. The van der Waals surface area contributed by atoms with Crippen LogP contribution >= 0.6 is 11.8 Å². The highest BCUT2D eigenvalue weighted by Gasteiger charge is 2.29. The number of hydrogen-bond donors (Lipinski definition) is 1. The molecular weight excluding hydrogens is 464 g/mol. The lowest BCUT2D eigenvalue weighted by Crippen LogP contribution is -2.40. The predicted molar refractivity (Wildman–Crippen MR) is 128 cm³/mol. The second-order valence-electron chi connectivity index (χ2n) is 8.29. The molecule has 1 N–H and O–H groups in total. The van der Waals surface area contributed by atoms with E-state index in [1.54, 1.807) is 12.1 Å². The number of rotatable bonds is 9. The van der Waals surface area contributed by atoms with Gasteiger partial charge in [0.15, 0.2) is 5.16 Å². The van der Waals surface area contributed by atoms with Crippen LogP contribution in [0.4, 0.5) is 5.69 Å². The number of amides is 1. The van der Waals surface area contributed by atoms with Crippen molar-refractivity contribution in [2.45, 2.75) is 44.3 Å². The van der Waals surface area contributed by atoms with E-state index in [9.17, 15) is 13.2 Å². The number of methoxy groups -OCH3 is 1. The van der Waals surface area contributed by atoms with E-state index in [2.05, 4.69) is 28.7 Å². The number of morpholine rings is 1. The van der Waals surface area contributed by atoms with Gasteiger partial charge in [0.1, 0.15) is 10.6 Å². The summed E-state index contributed by atoms with van der Waals surface area (Å²) in [5.74, 6) is 0.604. The Hall–Kier alpha value is -2.08. The highest BCUT2D eigenvalue weighted by molar-refractivity contribution is 7.99. The summed E-state index contributed by atoms with van der Waals surface area (Å²) in [5.41, 5.74) is 2.44. The van der Waals surface area contributed by atoms with E-state index in [4.69, 9.17) is 9.47 Å². The van der Waals surface area contributed by atoms with Crippen LogP contribution in [-0.4, -0.2) is 67.3 Å². The van der Waals surface area contributed by atoms with Crippen LogP contribution in [0.3, 0.4) is 0 Å². The molecule has 3 rings (SSSR count). The molecule has 0 saturated carbocycles. The molecule has 0 atom stereocenters. The van der Waals surface area contributed by atoms with Gasteiger partial charge in [-0.1, -0.05) is 25.6 Å². The monoisotopic (exact) mass is 496 g/mol. The minimum absolute atomic E-state index is 0.0241. The SMILES string of the molecule is COc1ccc(NC(=O)CSc2nc(C)c(C)n2CC(C)C)cc1S(=O)(=O)N1CCOCC1. The molecule has 33 heavy (non-hydrogen) atoms. The van der Waals surface area contributed by atoms with Gasteiger partial charge in [-0.25, -0.2) is 13.4 Å². The predicted octanol–water partition coefficient (Wildman–Crippen LogP) is 2.92. The number of sulfonamides is 1. The molecule has 2 heterocycles. The molecule has 2 aromatic rings. The van der Waals surface area contributed by atoms with Crippen LogP contribution < -0.4 is 10.1 Å². The first-order valence-electron chi connectivity index (χ1n) is 10.9. The van der Waals surface area contributed by atoms with Crippen molar-refractivity contribution >= 4 is 33.4 Å². The fraction of sp³-hybridized carbons (Fsp3) is 0.545. The topological polar surface area (TPSA) is 103 Å². The number of benzene rings is 1. The van der Waals surface area contributed by atoms with E-state index in [-0.39, 0.29) is 35.4 Å². The maximum Gasteiger partial charge on any atom is 0.246 e. The number of thioether (sulfide) groups is 1. The van der Waals surface area contributed by atoms with Gasteiger partial charge in [-0.05, 0) is 38.0 Å². The van der Waals surface area contributed by atoms with Crippen LogP contribution in [-0.2, 0) is 26.1 Å². The molecule has 1 aromatic heterocycles. The number of ether oxygens (including phenoxy) is 2. The Kier molecular flexibility index (Phi) is 8.43. The smallest absolute Gasteiger partial charge is 0.246 e. The second-order valence-corrected chi connectivity index (χ2v) is 11.1. The highest BCUT2D eigenvalue weighted by atomic mass is 32.2. The number of anilines is 1. The summed E-state index contributed by atoms with van der Waals surface area (Å²) >= 11 is 1.37. The van der Waals surface area contributed by atoms with E-state index in [0.29, 0.717) is 24.8 Å². The number of carbonyl (C=O) groups excluding carboxylic acids is 1. The maximum absolute atomic E-state index is 13.1. The lowest BCUT2D eigenvalue weighted by molar-refractivity contribution is -0.113. The van der Waals surface area contributed by atoms with Crippen molar-refractivity contribution in [3.63, 3.8) is 0 Å². The minimum Gasteiger partial charge on any atom is -0.495 e. The van der Waals surface area contributed by atoms with Crippen LogP contribution in [0.1, 0.15) is 25.2 Å². The standard InChI is InChI=1S/C22H32N4O5S2/c1-15(2)13-26-17(4)16(3)23-22(26)32-14-21(27)24-18-6-7-19(30-5)20(12-18)33(28,29)25-8-10-31-11-9-25/h6-7,12,15H,8-11,13-14H2,1-5H3,(H,24,27). The van der Waals surface area contributed by atoms with Gasteiger partial charge in [-0.15, -0.1) is 0 Å². The van der Waals surface area contributed by atoms with Crippen molar-refractivity contribution < 1.29 is 22.7 Å². The van der Waals surface area contributed by atoms with Crippen molar-refractivity contribution in [2.24, 2.45) is 5.92 Å². The Bertz CT molecular complexity index is 1090. The van der Waals surface area contributed by atoms with Crippen molar-refractivity contribution in [1.82, 2.24) is 13.9 Å². The molecule has 9 nitrogen and oxygen atoms in total. The number of aryl methyl sites for hydroxylation is 1. The average molecular weight is 497 g/mol. The second kappa shape index (κ2) is 10.9. The molecule has 182 valence electrons. The van der Waals surface area contributed by atoms with Crippen molar-refractivity contribution in [2.75, 3.05) is 44.5 Å². The van der Waals surface area contributed by atoms with Crippen molar-refractivity contribution in [3.05, 3.63) is 29.6 Å². The first-order chi connectivity index (χ1) is 15.6. The summed E-state index contributed by atoms with van der Waals surface area (Å²) < 4.78 is 40.3. The van der Waals surface area contributed by atoms with Crippen LogP contribution in [0.25, 0.3) is 0 Å². The average Bonchev–Trinajstić information content (AvgIpc) is 3.05.